The van der Waals surface area contributed by atoms with Crippen LogP contribution in [0.4, 0.5) is 0 Å². The van der Waals surface area contributed by atoms with Crippen LogP contribution in [0.2, 0.25) is 0 Å². The zero-order chi connectivity index (χ0) is 13.8. The zero-order valence-electron chi connectivity index (χ0n) is 10.5. The zero-order valence-corrected chi connectivity index (χ0v) is 11.3. The number of sulfone groups is 1. The van der Waals surface area contributed by atoms with Gasteiger partial charge in [0.25, 0.3) is 0 Å². The number of carbonyl (C=O) groups is 1. The minimum absolute atomic E-state index is 0.104. The summed E-state index contributed by atoms with van der Waals surface area (Å²) >= 11 is 0. The topological polar surface area (TPSA) is 89.3 Å². The fourth-order valence-corrected chi connectivity index (χ4v) is 2.62. The predicted octanol–water partition coefficient (Wildman–Crippen LogP) is 0.308. The molecule has 0 heterocycles. The van der Waals surface area contributed by atoms with Crippen LogP contribution in [0.3, 0.4) is 0 Å². The minimum Gasteiger partial charge on any atom is -0.366 e. The number of nitrogens with two attached hydrogens (primary N) is 1. The second kappa shape index (κ2) is 5.97. The molecule has 0 saturated heterocycles. The molecule has 0 spiro atoms. The van der Waals surface area contributed by atoms with Gasteiger partial charge in [0.1, 0.15) is 9.84 Å². The normalized spacial score (nSPS) is 13.2. The lowest BCUT2D eigenvalue weighted by molar-refractivity contribution is 0.100. The Morgan fingerprint density at radius 3 is 2.33 bits per heavy atom. The molecule has 1 atom stereocenters. The van der Waals surface area contributed by atoms with Crippen molar-refractivity contribution < 1.29 is 13.2 Å². The second-order valence-electron chi connectivity index (χ2n) is 4.44. The molecule has 1 aromatic carbocycles. The molecule has 1 amide bonds. The van der Waals surface area contributed by atoms with E-state index in [-0.39, 0.29) is 11.8 Å². The Morgan fingerprint density at radius 2 is 1.89 bits per heavy atom. The van der Waals surface area contributed by atoms with Gasteiger partial charge in [0, 0.05) is 24.4 Å². The van der Waals surface area contributed by atoms with Gasteiger partial charge in [-0.05, 0) is 24.6 Å². The monoisotopic (exact) mass is 270 g/mol. The molecule has 3 N–H and O–H groups in total. The van der Waals surface area contributed by atoms with E-state index < -0.39 is 15.7 Å². The van der Waals surface area contributed by atoms with E-state index >= 15 is 0 Å². The molecule has 0 aliphatic heterocycles. The van der Waals surface area contributed by atoms with Crippen LogP contribution in [-0.2, 0) is 16.4 Å². The van der Waals surface area contributed by atoms with Gasteiger partial charge >= 0.3 is 0 Å². The number of nitrogens with one attached hydrogen (secondary N) is 1. The molecule has 1 unspecified atom stereocenters. The van der Waals surface area contributed by atoms with Crippen molar-refractivity contribution >= 4 is 15.7 Å². The highest BCUT2D eigenvalue weighted by atomic mass is 32.2. The molecule has 6 heteroatoms. The maximum atomic E-state index is 11.1. The van der Waals surface area contributed by atoms with Gasteiger partial charge in [-0.3, -0.25) is 4.79 Å². The molecule has 0 radical (unpaired) electrons. The second-order valence-corrected chi connectivity index (χ2v) is 6.62. The van der Waals surface area contributed by atoms with Gasteiger partial charge < -0.3 is 11.1 Å². The van der Waals surface area contributed by atoms with Crippen LogP contribution in [0.15, 0.2) is 24.3 Å². The van der Waals surface area contributed by atoms with Gasteiger partial charge in [-0.15, -0.1) is 0 Å². The number of carbonyl (C=O) groups excluding carboxylic acids is 1. The summed E-state index contributed by atoms with van der Waals surface area (Å²) in [5, 5.41) is 3.11. The first kappa shape index (κ1) is 14.7. The Labute approximate surface area is 107 Å². The molecule has 0 fully saturated rings. The number of rotatable bonds is 6. The average molecular weight is 270 g/mol. The minimum atomic E-state index is -2.97. The van der Waals surface area contributed by atoms with Crippen molar-refractivity contribution in [1.29, 1.82) is 0 Å². The van der Waals surface area contributed by atoms with Crippen molar-refractivity contribution in [2.45, 2.75) is 19.5 Å². The summed E-state index contributed by atoms with van der Waals surface area (Å²) in [6.45, 7) is 2.37. The van der Waals surface area contributed by atoms with Crippen LogP contribution in [0.5, 0.6) is 0 Å². The van der Waals surface area contributed by atoms with E-state index in [1.165, 1.54) is 6.26 Å². The van der Waals surface area contributed by atoms with Crippen molar-refractivity contribution in [2.75, 3.05) is 12.0 Å². The molecule has 0 aromatic heterocycles. The number of primary amides is 1. The molecule has 5 nitrogen and oxygen atoms in total. The molecular weight excluding hydrogens is 252 g/mol. The first-order valence-corrected chi connectivity index (χ1v) is 7.64. The summed E-state index contributed by atoms with van der Waals surface area (Å²) < 4.78 is 22.2. The van der Waals surface area contributed by atoms with Gasteiger partial charge in [-0.1, -0.05) is 12.1 Å². The fraction of sp³-hybridized carbons (Fsp3) is 0.417. The Kier molecular flexibility index (Phi) is 4.86. The highest BCUT2D eigenvalue weighted by Gasteiger charge is 2.09. The fourth-order valence-electron chi connectivity index (χ4n) is 1.59. The summed E-state index contributed by atoms with van der Waals surface area (Å²) in [5.41, 5.74) is 6.57. The lowest BCUT2D eigenvalue weighted by Gasteiger charge is -2.12. The summed E-state index contributed by atoms with van der Waals surface area (Å²) in [5.74, 6) is -0.355. The highest BCUT2D eigenvalue weighted by Crippen LogP contribution is 2.04. The van der Waals surface area contributed by atoms with E-state index in [2.05, 4.69) is 5.32 Å². The predicted molar refractivity (Wildman–Crippen MR) is 71.0 cm³/mol. The Balaban J connectivity index is 2.51. The summed E-state index contributed by atoms with van der Waals surface area (Å²) in [7, 11) is -2.97. The SMILES string of the molecule is CC(CS(C)(=O)=O)NCc1ccc(C(N)=O)cc1. The number of benzene rings is 1. The quantitative estimate of drug-likeness (QED) is 0.778. The standard InChI is InChI=1S/C12H18N2O3S/c1-9(8-18(2,16)17)14-7-10-3-5-11(6-4-10)12(13)15/h3-6,9,14H,7-8H2,1-2H3,(H2,13,15). The molecule has 18 heavy (non-hydrogen) atoms. The van der Waals surface area contributed by atoms with Crippen LogP contribution < -0.4 is 11.1 Å². The molecule has 100 valence electrons. The van der Waals surface area contributed by atoms with Gasteiger partial charge in [-0.25, -0.2) is 8.42 Å². The maximum absolute atomic E-state index is 11.1. The maximum Gasteiger partial charge on any atom is 0.248 e. The van der Waals surface area contributed by atoms with Crippen molar-refractivity contribution in [3.05, 3.63) is 35.4 Å². The molecule has 1 rings (SSSR count). The van der Waals surface area contributed by atoms with E-state index in [4.69, 9.17) is 5.73 Å². The Morgan fingerprint density at radius 1 is 1.33 bits per heavy atom. The largest absolute Gasteiger partial charge is 0.366 e. The van der Waals surface area contributed by atoms with Crippen molar-refractivity contribution in [3.63, 3.8) is 0 Å². The third kappa shape index (κ3) is 5.29. The van der Waals surface area contributed by atoms with Crippen LogP contribution in [0, 0.1) is 0 Å². The molecular formula is C12H18N2O3S. The van der Waals surface area contributed by atoms with Crippen molar-refractivity contribution in [3.8, 4) is 0 Å². The molecule has 0 aliphatic rings. The van der Waals surface area contributed by atoms with Gasteiger partial charge in [0.2, 0.25) is 5.91 Å². The molecule has 0 aliphatic carbocycles. The average Bonchev–Trinajstić information content (AvgIpc) is 2.24. The van der Waals surface area contributed by atoms with E-state index in [1.807, 2.05) is 6.92 Å². The third-order valence-corrected chi connectivity index (χ3v) is 3.55. The van der Waals surface area contributed by atoms with Crippen molar-refractivity contribution in [1.82, 2.24) is 5.32 Å². The number of hydrogen-bond donors (Lipinski definition) is 2. The first-order chi connectivity index (χ1) is 8.28. The molecule has 1 aromatic rings. The number of hydrogen-bond acceptors (Lipinski definition) is 4. The lowest BCUT2D eigenvalue weighted by Crippen LogP contribution is -2.32. The van der Waals surface area contributed by atoms with Crippen LogP contribution in [0.25, 0.3) is 0 Å². The first-order valence-electron chi connectivity index (χ1n) is 5.58. The highest BCUT2D eigenvalue weighted by molar-refractivity contribution is 7.90. The van der Waals surface area contributed by atoms with Crippen molar-refractivity contribution in [2.24, 2.45) is 5.73 Å². The summed E-state index contributed by atoms with van der Waals surface area (Å²) in [6, 6.07) is 6.78. The molecule has 0 bridgehead atoms. The smallest absolute Gasteiger partial charge is 0.248 e. The molecule has 0 saturated carbocycles. The van der Waals surface area contributed by atoms with E-state index in [1.54, 1.807) is 24.3 Å². The van der Waals surface area contributed by atoms with E-state index in [0.717, 1.165) is 5.56 Å². The van der Waals surface area contributed by atoms with Crippen LogP contribution >= 0.6 is 0 Å². The summed E-state index contributed by atoms with van der Waals surface area (Å²) in [6.07, 6.45) is 1.22. The van der Waals surface area contributed by atoms with E-state index in [9.17, 15) is 13.2 Å². The van der Waals surface area contributed by atoms with Gasteiger partial charge in [0.15, 0.2) is 0 Å². The van der Waals surface area contributed by atoms with E-state index in [0.29, 0.717) is 12.1 Å². The Hall–Kier alpha value is -1.40. The summed E-state index contributed by atoms with van der Waals surface area (Å²) in [4.78, 5) is 10.9. The number of amides is 1. The van der Waals surface area contributed by atoms with Crippen LogP contribution in [0.1, 0.15) is 22.8 Å². The lowest BCUT2D eigenvalue weighted by atomic mass is 10.1. The van der Waals surface area contributed by atoms with Gasteiger partial charge in [-0.2, -0.15) is 0 Å². The third-order valence-electron chi connectivity index (χ3n) is 2.45. The van der Waals surface area contributed by atoms with Crippen LogP contribution in [-0.4, -0.2) is 32.4 Å². The Bertz CT molecular complexity index is 509. The van der Waals surface area contributed by atoms with Gasteiger partial charge in [0.05, 0.1) is 5.75 Å².